The van der Waals surface area contributed by atoms with Crippen LogP contribution in [0.1, 0.15) is 0 Å². The maximum Gasteiger partial charge on any atom is 0.323 e. The van der Waals surface area contributed by atoms with Crippen LogP contribution in [-0.4, -0.2) is 39.6 Å². The first-order valence-corrected chi connectivity index (χ1v) is 7.15. The summed E-state index contributed by atoms with van der Waals surface area (Å²) in [5, 5.41) is 29.8. The molecule has 0 fully saturated rings. The number of hydrogen-bond donors (Lipinski definition) is 1. The van der Waals surface area contributed by atoms with E-state index in [-0.39, 0.29) is 16.7 Å². The van der Waals surface area contributed by atoms with Gasteiger partial charge in [0, 0.05) is 14.1 Å². The Morgan fingerprint density at radius 1 is 1.04 bits per heavy atom. The molecule has 2 aromatic heterocycles. The van der Waals surface area contributed by atoms with E-state index >= 15 is 0 Å². The van der Waals surface area contributed by atoms with Crippen LogP contribution >= 0.6 is 0 Å². The maximum atomic E-state index is 11.5. The quantitative estimate of drug-likeness (QED) is 0.435. The molecule has 4 rings (SSSR count). The second kappa shape index (κ2) is 5.40. The Bertz CT molecular complexity index is 1100. The third-order valence-electron chi connectivity index (χ3n) is 3.71. The first kappa shape index (κ1) is 14.8. The molecule has 11 heteroatoms. The van der Waals surface area contributed by atoms with Crippen molar-refractivity contribution in [2.45, 2.75) is 0 Å². The SMILES string of the molecule is CN(C)c1cc(Nc2cccc3nonc23)c2nonc2c1[N+](=O)[O-]. The molecule has 0 radical (unpaired) electrons. The number of nitrogens with zero attached hydrogens (tertiary/aromatic N) is 6. The molecule has 0 saturated carbocycles. The van der Waals surface area contributed by atoms with Crippen molar-refractivity contribution in [1.29, 1.82) is 0 Å². The van der Waals surface area contributed by atoms with E-state index in [2.05, 4.69) is 25.9 Å². The Morgan fingerprint density at radius 3 is 2.52 bits per heavy atom. The van der Waals surface area contributed by atoms with Gasteiger partial charge in [0.15, 0.2) is 11.0 Å². The minimum absolute atomic E-state index is 0.0594. The summed E-state index contributed by atoms with van der Waals surface area (Å²) in [5.41, 5.74) is 2.69. The average Bonchev–Trinajstić information content (AvgIpc) is 3.23. The fraction of sp³-hybridized carbons (Fsp3) is 0.143. The lowest BCUT2D eigenvalue weighted by Crippen LogP contribution is -2.12. The van der Waals surface area contributed by atoms with Gasteiger partial charge < -0.3 is 10.2 Å². The fourth-order valence-electron chi connectivity index (χ4n) is 2.58. The molecular formula is C14H11N7O4. The summed E-state index contributed by atoms with van der Waals surface area (Å²) < 4.78 is 9.48. The first-order chi connectivity index (χ1) is 12.1. The summed E-state index contributed by atoms with van der Waals surface area (Å²) >= 11 is 0. The summed E-state index contributed by atoms with van der Waals surface area (Å²) in [4.78, 5) is 12.6. The number of aromatic nitrogens is 4. The van der Waals surface area contributed by atoms with Crippen LogP contribution < -0.4 is 10.2 Å². The van der Waals surface area contributed by atoms with Gasteiger partial charge in [0.2, 0.25) is 5.52 Å². The Morgan fingerprint density at radius 2 is 1.76 bits per heavy atom. The van der Waals surface area contributed by atoms with Gasteiger partial charge in [0.1, 0.15) is 11.2 Å². The molecule has 0 saturated heterocycles. The van der Waals surface area contributed by atoms with E-state index in [4.69, 9.17) is 9.26 Å². The molecule has 1 N–H and O–H groups in total. The molecular weight excluding hydrogens is 330 g/mol. The van der Waals surface area contributed by atoms with Crippen LogP contribution in [0.5, 0.6) is 0 Å². The average molecular weight is 341 g/mol. The minimum atomic E-state index is -0.506. The van der Waals surface area contributed by atoms with E-state index in [1.165, 1.54) is 0 Å². The van der Waals surface area contributed by atoms with E-state index in [0.717, 1.165) is 0 Å². The van der Waals surface area contributed by atoms with Crippen molar-refractivity contribution >= 4 is 44.8 Å². The number of nitro groups is 1. The van der Waals surface area contributed by atoms with Gasteiger partial charge in [-0.05, 0) is 38.8 Å². The zero-order chi connectivity index (χ0) is 17.6. The standard InChI is InChI=1S/C14H11N7O4/c1-20(2)10-6-9(12-13(19-25-18-12)14(10)21(22)23)15-7-4-3-5-8-11(7)17-24-16-8/h3-6,15H,1-2H3. The maximum absolute atomic E-state index is 11.5. The lowest BCUT2D eigenvalue weighted by molar-refractivity contribution is -0.382. The molecule has 2 heterocycles. The molecule has 11 nitrogen and oxygen atoms in total. The number of hydrogen-bond acceptors (Lipinski definition) is 10. The summed E-state index contributed by atoms with van der Waals surface area (Å²) in [6, 6.07) is 6.93. The summed E-state index contributed by atoms with van der Waals surface area (Å²) in [6.07, 6.45) is 0. The molecule has 0 unspecified atom stereocenters. The van der Waals surface area contributed by atoms with Crippen molar-refractivity contribution in [3.05, 3.63) is 34.4 Å². The molecule has 126 valence electrons. The topological polar surface area (TPSA) is 136 Å². The van der Waals surface area contributed by atoms with Crippen LogP contribution in [0, 0.1) is 10.1 Å². The van der Waals surface area contributed by atoms with E-state index in [1.54, 1.807) is 43.3 Å². The predicted molar refractivity (Wildman–Crippen MR) is 87.9 cm³/mol. The summed E-state index contributed by atoms with van der Waals surface area (Å²) in [5.74, 6) is 0. The largest absolute Gasteiger partial charge is 0.372 e. The van der Waals surface area contributed by atoms with Gasteiger partial charge in [-0.15, -0.1) is 0 Å². The molecule has 0 aliphatic rings. The third-order valence-corrected chi connectivity index (χ3v) is 3.71. The van der Waals surface area contributed by atoms with Crippen molar-refractivity contribution in [2.75, 3.05) is 24.3 Å². The van der Waals surface area contributed by atoms with E-state index in [1.807, 2.05) is 0 Å². The Balaban J connectivity index is 1.93. The van der Waals surface area contributed by atoms with Crippen LogP contribution in [-0.2, 0) is 0 Å². The molecule has 0 bridgehead atoms. The van der Waals surface area contributed by atoms with Crippen LogP contribution in [0.3, 0.4) is 0 Å². The van der Waals surface area contributed by atoms with Crippen molar-refractivity contribution < 1.29 is 14.2 Å². The number of fused-ring (bicyclic) bond motifs is 2. The molecule has 2 aromatic carbocycles. The molecule has 0 aliphatic heterocycles. The minimum Gasteiger partial charge on any atom is -0.372 e. The van der Waals surface area contributed by atoms with E-state index in [9.17, 15) is 10.1 Å². The number of rotatable bonds is 4. The van der Waals surface area contributed by atoms with Gasteiger partial charge in [0.05, 0.1) is 16.3 Å². The molecule has 25 heavy (non-hydrogen) atoms. The molecule has 0 amide bonds. The fourth-order valence-corrected chi connectivity index (χ4v) is 2.58. The molecule has 0 spiro atoms. The Hall–Kier alpha value is -3.76. The van der Waals surface area contributed by atoms with Gasteiger partial charge in [-0.25, -0.2) is 9.26 Å². The van der Waals surface area contributed by atoms with Crippen molar-refractivity contribution in [2.24, 2.45) is 0 Å². The Kier molecular flexibility index (Phi) is 3.20. The zero-order valence-corrected chi connectivity index (χ0v) is 13.1. The normalized spacial score (nSPS) is 11.1. The molecule has 4 aromatic rings. The highest BCUT2D eigenvalue weighted by Gasteiger charge is 2.27. The van der Waals surface area contributed by atoms with Gasteiger partial charge >= 0.3 is 5.69 Å². The number of nitro benzene ring substituents is 1. The van der Waals surface area contributed by atoms with Crippen molar-refractivity contribution in [3.8, 4) is 0 Å². The van der Waals surface area contributed by atoms with Crippen LogP contribution in [0.4, 0.5) is 22.7 Å². The number of benzene rings is 2. The summed E-state index contributed by atoms with van der Waals surface area (Å²) in [6.45, 7) is 0. The van der Waals surface area contributed by atoms with Crippen LogP contribution in [0.25, 0.3) is 22.1 Å². The Labute approximate surface area is 139 Å². The molecule has 0 atom stereocenters. The van der Waals surface area contributed by atoms with Crippen LogP contribution in [0.15, 0.2) is 33.5 Å². The van der Waals surface area contributed by atoms with Gasteiger partial charge in [-0.3, -0.25) is 10.1 Å². The highest BCUT2D eigenvalue weighted by Crippen LogP contribution is 2.39. The van der Waals surface area contributed by atoms with Gasteiger partial charge in [-0.2, -0.15) is 0 Å². The second-order valence-electron chi connectivity index (χ2n) is 5.47. The highest BCUT2D eigenvalue weighted by molar-refractivity contribution is 6.02. The first-order valence-electron chi connectivity index (χ1n) is 7.15. The smallest absolute Gasteiger partial charge is 0.323 e. The van der Waals surface area contributed by atoms with Gasteiger partial charge in [0.25, 0.3) is 0 Å². The number of nitrogens with one attached hydrogen (secondary N) is 1. The lowest BCUT2D eigenvalue weighted by atomic mass is 10.1. The zero-order valence-electron chi connectivity index (χ0n) is 13.1. The number of anilines is 3. The van der Waals surface area contributed by atoms with Gasteiger partial charge in [-0.1, -0.05) is 6.07 Å². The van der Waals surface area contributed by atoms with Crippen molar-refractivity contribution in [1.82, 2.24) is 20.6 Å². The van der Waals surface area contributed by atoms with E-state index in [0.29, 0.717) is 28.1 Å². The van der Waals surface area contributed by atoms with E-state index < -0.39 is 4.92 Å². The lowest BCUT2D eigenvalue weighted by Gasteiger charge is -2.15. The third kappa shape index (κ3) is 2.29. The van der Waals surface area contributed by atoms with Crippen LogP contribution in [0.2, 0.25) is 0 Å². The molecule has 0 aliphatic carbocycles. The monoisotopic (exact) mass is 341 g/mol. The predicted octanol–water partition coefficient (Wildman–Crippen LogP) is 2.48. The highest BCUT2D eigenvalue weighted by atomic mass is 16.6. The second-order valence-corrected chi connectivity index (χ2v) is 5.47. The summed E-state index contributed by atoms with van der Waals surface area (Å²) in [7, 11) is 3.40. The van der Waals surface area contributed by atoms with Crippen molar-refractivity contribution in [3.63, 3.8) is 0 Å².